The first kappa shape index (κ1) is 26.6. The number of rotatable bonds is 9. The lowest BCUT2D eigenvalue weighted by Gasteiger charge is -2.29. The van der Waals surface area contributed by atoms with E-state index in [0.717, 1.165) is 16.7 Å². The predicted octanol–water partition coefficient (Wildman–Crippen LogP) is 5.12. The van der Waals surface area contributed by atoms with E-state index >= 15 is 0 Å². The Hall–Kier alpha value is -4.99. The molecule has 0 bridgehead atoms. The smallest absolute Gasteiger partial charge is 0.255 e. The molecule has 1 aliphatic heterocycles. The van der Waals surface area contributed by atoms with Gasteiger partial charge >= 0.3 is 0 Å². The molecule has 10 nitrogen and oxygen atoms in total. The highest BCUT2D eigenvalue weighted by Gasteiger charge is 2.34. The van der Waals surface area contributed by atoms with Crippen LogP contribution in [-0.4, -0.2) is 42.0 Å². The van der Waals surface area contributed by atoms with Crippen molar-refractivity contribution in [1.29, 1.82) is 0 Å². The number of ether oxygens (including phenoxy) is 4. The second-order valence-electron chi connectivity index (χ2n) is 9.30. The van der Waals surface area contributed by atoms with Gasteiger partial charge in [-0.25, -0.2) is 4.68 Å². The number of hydrogen-bond donors (Lipinski definition) is 2. The Morgan fingerprint density at radius 1 is 0.950 bits per heavy atom. The number of amides is 1. The quantitative estimate of drug-likeness (QED) is 0.301. The number of aryl methyl sites for hydroxylation is 1. The van der Waals surface area contributed by atoms with Gasteiger partial charge in [-0.1, -0.05) is 35.9 Å². The summed E-state index contributed by atoms with van der Waals surface area (Å²) in [4.78, 5) is 18.2. The van der Waals surface area contributed by atoms with Crippen LogP contribution in [-0.2, 0) is 11.4 Å². The molecule has 0 saturated carbocycles. The molecule has 0 unspecified atom stereocenters. The van der Waals surface area contributed by atoms with Crippen LogP contribution < -0.4 is 29.6 Å². The first-order chi connectivity index (χ1) is 19.4. The van der Waals surface area contributed by atoms with Gasteiger partial charge in [0, 0.05) is 11.8 Å². The molecule has 1 aliphatic rings. The van der Waals surface area contributed by atoms with Crippen molar-refractivity contribution in [2.75, 3.05) is 32.0 Å². The van der Waals surface area contributed by atoms with Crippen molar-refractivity contribution in [2.45, 2.75) is 26.5 Å². The Morgan fingerprint density at radius 2 is 1.75 bits per heavy atom. The average Bonchev–Trinajstić information content (AvgIpc) is 3.43. The zero-order valence-electron chi connectivity index (χ0n) is 23.0. The van der Waals surface area contributed by atoms with E-state index < -0.39 is 6.04 Å². The zero-order valence-corrected chi connectivity index (χ0v) is 23.0. The maximum Gasteiger partial charge on any atom is 0.255 e. The molecule has 0 saturated heterocycles. The molecular formula is C30H31N5O5. The summed E-state index contributed by atoms with van der Waals surface area (Å²) in [6.07, 6.45) is 1.45. The second-order valence-corrected chi connectivity index (χ2v) is 9.30. The molecule has 1 atom stereocenters. The maximum absolute atomic E-state index is 13.8. The van der Waals surface area contributed by atoms with Crippen molar-refractivity contribution in [1.82, 2.24) is 14.8 Å². The van der Waals surface area contributed by atoms with Crippen LogP contribution in [0.15, 0.2) is 78.3 Å². The number of fused-ring (bicyclic) bond motifs is 1. The van der Waals surface area contributed by atoms with E-state index in [1.54, 1.807) is 44.2 Å². The summed E-state index contributed by atoms with van der Waals surface area (Å²) in [6, 6.07) is 18.4. The number of aromatic nitrogens is 3. The van der Waals surface area contributed by atoms with Gasteiger partial charge in [0.05, 0.1) is 32.6 Å². The lowest BCUT2D eigenvalue weighted by Crippen LogP contribution is -2.31. The van der Waals surface area contributed by atoms with Crippen LogP contribution in [0.25, 0.3) is 0 Å². The Labute approximate surface area is 232 Å². The molecule has 3 aromatic carbocycles. The van der Waals surface area contributed by atoms with Gasteiger partial charge in [-0.3, -0.25) is 4.79 Å². The first-order valence-corrected chi connectivity index (χ1v) is 12.7. The highest BCUT2D eigenvalue weighted by molar-refractivity contribution is 6.06. The van der Waals surface area contributed by atoms with Crippen molar-refractivity contribution in [3.63, 3.8) is 0 Å². The van der Waals surface area contributed by atoms with Gasteiger partial charge in [0.15, 0.2) is 11.5 Å². The summed E-state index contributed by atoms with van der Waals surface area (Å²) in [5.41, 5.74) is 4.57. The molecule has 2 N–H and O–H groups in total. The Bertz CT molecular complexity index is 1580. The third-order valence-corrected chi connectivity index (χ3v) is 6.67. The Kier molecular flexibility index (Phi) is 7.59. The summed E-state index contributed by atoms with van der Waals surface area (Å²) in [6.45, 7) is 4.27. The van der Waals surface area contributed by atoms with Gasteiger partial charge in [0.25, 0.3) is 5.91 Å². The minimum atomic E-state index is -0.588. The van der Waals surface area contributed by atoms with Crippen LogP contribution in [0, 0.1) is 6.92 Å². The number of nitrogens with zero attached hydrogens (tertiary/aromatic N) is 3. The fourth-order valence-electron chi connectivity index (χ4n) is 4.73. The van der Waals surface area contributed by atoms with Crippen LogP contribution in [0.4, 0.5) is 11.6 Å². The van der Waals surface area contributed by atoms with Crippen LogP contribution in [0.2, 0.25) is 0 Å². The molecule has 0 aliphatic carbocycles. The normalized spacial score (nSPS) is 14.2. The number of carbonyl (C=O) groups is 1. The lowest BCUT2D eigenvalue weighted by molar-refractivity contribution is -0.113. The number of anilines is 2. The molecule has 40 heavy (non-hydrogen) atoms. The Balaban J connectivity index is 1.49. The van der Waals surface area contributed by atoms with Crippen molar-refractivity contribution in [3.05, 3.63) is 95.0 Å². The molecule has 206 valence electrons. The topological polar surface area (TPSA) is 109 Å². The van der Waals surface area contributed by atoms with Crippen molar-refractivity contribution in [2.24, 2.45) is 0 Å². The molecular weight excluding hydrogens is 510 g/mol. The van der Waals surface area contributed by atoms with Crippen molar-refractivity contribution in [3.8, 4) is 23.0 Å². The fourth-order valence-corrected chi connectivity index (χ4v) is 4.73. The minimum Gasteiger partial charge on any atom is -0.497 e. The summed E-state index contributed by atoms with van der Waals surface area (Å²) in [5.74, 6) is 2.42. The van der Waals surface area contributed by atoms with Gasteiger partial charge in [0.1, 0.15) is 30.5 Å². The second kappa shape index (κ2) is 11.4. The van der Waals surface area contributed by atoms with E-state index in [4.69, 9.17) is 18.9 Å². The molecule has 5 rings (SSSR count). The van der Waals surface area contributed by atoms with Crippen molar-refractivity contribution >= 4 is 17.5 Å². The number of allylic oxidation sites excluding steroid dienone is 1. The van der Waals surface area contributed by atoms with Crippen LogP contribution in [0.5, 0.6) is 23.0 Å². The highest BCUT2D eigenvalue weighted by atomic mass is 16.5. The van der Waals surface area contributed by atoms with E-state index in [1.165, 1.54) is 6.33 Å². The van der Waals surface area contributed by atoms with E-state index in [9.17, 15) is 4.79 Å². The van der Waals surface area contributed by atoms with Crippen LogP contribution >= 0.6 is 0 Å². The third-order valence-electron chi connectivity index (χ3n) is 6.67. The van der Waals surface area contributed by atoms with Crippen LogP contribution in [0.3, 0.4) is 0 Å². The SMILES string of the molecule is COc1ccc(OC)c(NC(=O)C2=C(C)Nc3ncnn3[C@@H]2c2ccc(OCc3cccc(C)c3)c(OC)c2)c1. The summed E-state index contributed by atoms with van der Waals surface area (Å²) in [7, 11) is 4.70. The minimum absolute atomic E-state index is 0.332. The maximum atomic E-state index is 13.8. The largest absolute Gasteiger partial charge is 0.497 e. The van der Waals surface area contributed by atoms with Gasteiger partial charge in [-0.2, -0.15) is 10.1 Å². The molecule has 0 radical (unpaired) electrons. The van der Waals surface area contributed by atoms with E-state index in [0.29, 0.717) is 52.5 Å². The van der Waals surface area contributed by atoms with Gasteiger partial charge in [0.2, 0.25) is 5.95 Å². The summed E-state index contributed by atoms with van der Waals surface area (Å²) < 4.78 is 24.3. The highest BCUT2D eigenvalue weighted by Crippen LogP contribution is 2.39. The number of nitrogens with one attached hydrogen (secondary N) is 2. The van der Waals surface area contributed by atoms with Crippen molar-refractivity contribution < 1.29 is 23.7 Å². The van der Waals surface area contributed by atoms with E-state index in [1.807, 2.05) is 50.2 Å². The summed E-state index contributed by atoms with van der Waals surface area (Å²) >= 11 is 0. The Morgan fingerprint density at radius 3 is 2.50 bits per heavy atom. The van der Waals surface area contributed by atoms with Gasteiger partial charge < -0.3 is 29.6 Å². The first-order valence-electron chi connectivity index (χ1n) is 12.7. The molecule has 1 aromatic heterocycles. The monoisotopic (exact) mass is 541 g/mol. The van der Waals surface area contributed by atoms with Gasteiger partial charge in [-0.05, 0) is 49.2 Å². The fraction of sp³-hybridized carbons (Fsp3) is 0.233. The number of hydrogen-bond acceptors (Lipinski definition) is 8. The molecule has 0 fully saturated rings. The average molecular weight is 542 g/mol. The molecule has 10 heteroatoms. The van der Waals surface area contributed by atoms with Gasteiger partial charge in [-0.15, -0.1) is 0 Å². The molecule has 2 heterocycles. The molecule has 4 aromatic rings. The lowest BCUT2D eigenvalue weighted by atomic mass is 9.94. The van der Waals surface area contributed by atoms with E-state index in [2.05, 4.69) is 26.8 Å². The standard InChI is InChI=1S/C30H31N5O5/c1-18-7-6-8-20(13-18)16-40-25-11-9-21(14-26(25)39-5)28-27(19(2)33-30-31-17-32-35(28)30)29(36)34-23-15-22(37-3)10-12-24(23)38-4/h6-15,17,28H,16H2,1-5H3,(H,34,36)(H,31,32,33)/t28-/m1/s1. The number of carbonyl (C=O) groups excluding carboxylic acids is 1. The zero-order chi connectivity index (χ0) is 28.2. The summed E-state index contributed by atoms with van der Waals surface area (Å²) in [5, 5.41) is 10.6. The molecule has 0 spiro atoms. The third kappa shape index (κ3) is 5.28. The van der Waals surface area contributed by atoms with Crippen LogP contribution in [0.1, 0.15) is 29.7 Å². The predicted molar refractivity (Wildman–Crippen MR) is 151 cm³/mol. The number of benzene rings is 3. The molecule has 1 amide bonds. The number of methoxy groups -OCH3 is 3. The van der Waals surface area contributed by atoms with E-state index in [-0.39, 0.29) is 5.91 Å².